The van der Waals surface area contributed by atoms with Crippen LogP contribution in [0.2, 0.25) is 5.15 Å². The number of halogens is 1. The highest BCUT2D eigenvalue weighted by molar-refractivity contribution is 6.30. The zero-order valence-electron chi connectivity index (χ0n) is 11.5. The van der Waals surface area contributed by atoms with Crippen molar-refractivity contribution in [2.24, 2.45) is 11.8 Å². The summed E-state index contributed by atoms with van der Waals surface area (Å²) >= 11 is 6.22. The van der Waals surface area contributed by atoms with E-state index >= 15 is 0 Å². The summed E-state index contributed by atoms with van der Waals surface area (Å²) in [4.78, 5) is 10.7. The van der Waals surface area contributed by atoms with Gasteiger partial charge < -0.3 is 4.90 Å². The van der Waals surface area contributed by atoms with E-state index in [1.54, 1.807) is 4.52 Å². The molecule has 2 aromatic heterocycles. The summed E-state index contributed by atoms with van der Waals surface area (Å²) in [5.41, 5.74) is 0.974. The standard InChI is InChI=1S/C13H18ClN5/c1-8-4-5-18(6-9(8)2)12-10(3)11(14)17-13-15-7-16-19(12)13/h7-9H,4-6H2,1-3H3. The number of fused-ring (bicyclic) bond motifs is 1. The number of hydrogen-bond donors (Lipinski definition) is 0. The first-order chi connectivity index (χ1) is 9.08. The predicted molar refractivity (Wildman–Crippen MR) is 75.7 cm³/mol. The normalized spacial score (nSPS) is 24.1. The Labute approximate surface area is 117 Å². The minimum Gasteiger partial charge on any atom is -0.356 e. The molecule has 102 valence electrons. The van der Waals surface area contributed by atoms with E-state index in [2.05, 4.69) is 33.8 Å². The van der Waals surface area contributed by atoms with Gasteiger partial charge in [-0.15, -0.1) is 0 Å². The summed E-state index contributed by atoms with van der Waals surface area (Å²) in [5.74, 6) is 3.03. The van der Waals surface area contributed by atoms with Gasteiger partial charge in [0.1, 0.15) is 17.3 Å². The lowest BCUT2D eigenvalue weighted by Crippen LogP contribution is -2.40. The van der Waals surface area contributed by atoms with Crippen molar-refractivity contribution < 1.29 is 0 Å². The van der Waals surface area contributed by atoms with Crippen LogP contribution in [0.25, 0.3) is 5.78 Å². The van der Waals surface area contributed by atoms with E-state index in [9.17, 15) is 0 Å². The minimum absolute atomic E-state index is 0.516. The number of piperidine rings is 1. The molecule has 2 atom stereocenters. The fourth-order valence-corrected chi connectivity index (χ4v) is 2.87. The predicted octanol–water partition coefficient (Wildman–Crippen LogP) is 2.57. The smallest absolute Gasteiger partial charge is 0.255 e. The van der Waals surface area contributed by atoms with Crippen LogP contribution in [0.5, 0.6) is 0 Å². The van der Waals surface area contributed by atoms with Gasteiger partial charge in [-0.25, -0.2) is 0 Å². The molecule has 1 fully saturated rings. The number of rotatable bonds is 1. The van der Waals surface area contributed by atoms with Crippen LogP contribution in [0.4, 0.5) is 5.82 Å². The van der Waals surface area contributed by atoms with Crippen molar-refractivity contribution in [3.63, 3.8) is 0 Å². The highest BCUT2D eigenvalue weighted by Gasteiger charge is 2.26. The second-order valence-electron chi connectivity index (χ2n) is 5.51. The molecule has 5 nitrogen and oxygen atoms in total. The zero-order chi connectivity index (χ0) is 13.6. The molecule has 2 unspecified atom stereocenters. The minimum atomic E-state index is 0.516. The molecule has 1 aliphatic rings. The molecule has 19 heavy (non-hydrogen) atoms. The Bertz CT molecular complexity index is 608. The molecule has 0 aromatic carbocycles. The monoisotopic (exact) mass is 279 g/mol. The van der Waals surface area contributed by atoms with Gasteiger partial charge in [0.25, 0.3) is 5.78 Å². The van der Waals surface area contributed by atoms with Crippen molar-refractivity contribution in [1.29, 1.82) is 0 Å². The van der Waals surface area contributed by atoms with E-state index in [1.165, 1.54) is 12.7 Å². The third-order valence-electron chi connectivity index (χ3n) is 4.21. The summed E-state index contributed by atoms with van der Waals surface area (Å²) in [6.45, 7) is 8.67. The second-order valence-corrected chi connectivity index (χ2v) is 5.87. The molecule has 0 spiro atoms. The third-order valence-corrected chi connectivity index (χ3v) is 4.58. The van der Waals surface area contributed by atoms with Gasteiger partial charge in [0, 0.05) is 18.7 Å². The van der Waals surface area contributed by atoms with Crippen LogP contribution in [0, 0.1) is 18.8 Å². The molecule has 1 aliphatic heterocycles. The van der Waals surface area contributed by atoms with Crippen LogP contribution in [0.15, 0.2) is 6.33 Å². The van der Waals surface area contributed by atoms with Crippen molar-refractivity contribution in [2.45, 2.75) is 27.2 Å². The van der Waals surface area contributed by atoms with Gasteiger partial charge in [0.05, 0.1) is 0 Å². The Balaban J connectivity index is 2.09. The Morgan fingerprint density at radius 2 is 2.11 bits per heavy atom. The molecule has 2 aromatic rings. The molecule has 0 saturated carbocycles. The van der Waals surface area contributed by atoms with E-state index in [1.807, 2.05) is 6.92 Å². The molecule has 6 heteroatoms. The summed E-state index contributed by atoms with van der Waals surface area (Å²) in [5, 5.41) is 4.80. The van der Waals surface area contributed by atoms with E-state index < -0.39 is 0 Å². The SMILES string of the molecule is Cc1c(Cl)nc2ncnn2c1N1CCC(C)C(C)C1. The Kier molecular flexibility index (Phi) is 3.09. The van der Waals surface area contributed by atoms with Crippen LogP contribution in [-0.4, -0.2) is 32.7 Å². The van der Waals surface area contributed by atoms with Gasteiger partial charge in [-0.05, 0) is 25.2 Å². The van der Waals surface area contributed by atoms with Crippen LogP contribution in [-0.2, 0) is 0 Å². The highest BCUT2D eigenvalue weighted by atomic mass is 35.5. The lowest BCUT2D eigenvalue weighted by Gasteiger charge is -2.37. The maximum atomic E-state index is 6.22. The van der Waals surface area contributed by atoms with E-state index in [4.69, 9.17) is 11.6 Å². The number of aromatic nitrogens is 4. The van der Waals surface area contributed by atoms with Gasteiger partial charge in [0.15, 0.2) is 0 Å². The lowest BCUT2D eigenvalue weighted by molar-refractivity contribution is 0.321. The van der Waals surface area contributed by atoms with Crippen molar-refractivity contribution in [1.82, 2.24) is 19.6 Å². The first kappa shape index (κ1) is 12.7. The summed E-state index contributed by atoms with van der Waals surface area (Å²) in [6.07, 6.45) is 2.72. The van der Waals surface area contributed by atoms with Crippen LogP contribution in [0.3, 0.4) is 0 Å². The van der Waals surface area contributed by atoms with E-state index in [-0.39, 0.29) is 0 Å². The number of anilines is 1. The molecular formula is C13H18ClN5. The van der Waals surface area contributed by atoms with E-state index in [0.717, 1.165) is 30.4 Å². The zero-order valence-corrected chi connectivity index (χ0v) is 12.2. The quantitative estimate of drug-likeness (QED) is 0.753. The van der Waals surface area contributed by atoms with E-state index in [0.29, 0.717) is 16.8 Å². The fraction of sp³-hybridized carbons (Fsp3) is 0.615. The third kappa shape index (κ3) is 2.06. The van der Waals surface area contributed by atoms with Gasteiger partial charge in [-0.2, -0.15) is 19.6 Å². The Morgan fingerprint density at radius 1 is 1.32 bits per heavy atom. The Hall–Kier alpha value is -1.36. The summed E-state index contributed by atoms with van der Waals surface area (Å²) in [7, 11) is 0. The molecule has 3 heterocycles. The number of hydrogen-bond acceptors (Lipinski definition) is 4. The van der Waals surface area contributed by atoms with Crippen molar-refractivity contribution in [3.05, 3.63) is 17.0 Å². The molecule has 0 amide bonds. The molecule has 0 radical (unpaired) electrons. The molecule has 1 saturated heterocycles. The lowest BCUT2D eigenvalue weighted by atomic mass is 9.88. The fourth-order valence-electron chi connectivity index (χ4n) is 2.71. The van der Waals surface area contributed by atoms with Gasteiger partial charge in [-0.1, -0.05) is 25.4 Å². The topological polar surface area (TPSA) is 46.3 Å². The van der Waals surface area contributed by atoms with Crippen molar-refractivity contribution in [3.8, 4) is 0 Å². The molecule has 3 rings (SSSR count). The molecule has 0 N–H and O–H groups in total. The van der Waals surface area contributed by atoms with Gasteiger partial charge in [0.2, 0.25) is 0 Å². The maximum Gasteiger partial charge on any atom is 0.255 e. The first-order valence-corrected chi connectivity index (χ1v) is 7.06. The Morgan fingerprint density at radius 3 is 2.84 bits per heavy atom. The van der Waals surface area contributed by atoms with Gasteiger partial charge in [-0.3, -0.25) is 0 Å². The van der Waals surface area contributed by atoms with Crippen molar-refractivity contribution >= 4 is 23.2 Å². The first-order valence-electron chi connectivity index (χ1n) is 6.68. The van der Waals surface area contributed by atoms with Crippen LogP contribution < -0.4 is 4.90 Å². The summed E-state index contributed by atoms with van der Waals surface area (Å²) in [6, 6.07) is 0. The average Bonchev–Trinajstić information content (AvgIpc) is 2.82. The average molecular weight is 280 g/mol. The molecular weight excluding hydrogens is 262 g/mol. The maximum absolute atomic E-state index is 6.22. The highest BCUT2D eigenvalue weighted by Crippen LogP contribution is 2.31. The van der Waals surface area contributed by atoms with Crippen LogP contribution in [0.1, 0.15) is 25.8 Å². The molecule has 0 aliphatic carbocycles. The largest absolute Gasteiger partial charge is 0.356 e. The molecule has 0 bridgehead atoms. The second kappa shape index (κ2) is 4.63. The number of nitrogens with zero attached hydrogens (tertiary/aromatic N) is 5. The van der Waals surface area contributed by atoms with Crippen molar-refractivity contribution in [2.75, 3.05) is 18.0 Å². The summed E-state index contributed by atoms with van der Waals surface area (Å²) < 4.78 is 1.80. The van der Waals surface area contributed by atoms with Crippen LogP contribution >= 0.6 is 11.6 Å². The van der Waals surface area contributed by atoms with Gasteiger partial charge >= 0.3 is 0 Å².